The molecule has 1 heterocycles. The average molecular weight is 153 g/mol. The van der Waals surface area contributed by atoms with E-state index < -0.39 is 0 Å². The number of methoxy groups -OCH3 is 1. The maximum atomic E-state index is 8.39. The molecular formula is C6H8BNO3. The van der Waals surface area contributed by atoms with Crippen molar-refractivity contribution in [3.8, 4) is 11.5 Å². The van der Waals surface area contributed by atoms with Crippen molar-refractivity contribution >= 4 is 7.69 Å². The first-order chi connectivity index (χ1) is 5.36. The zero-order valence-electron chi connectivity index (χ0n) is 6.15. The maximum absolute atomic E-state index is 8.39. The van der Waals surface area contributed by atoms with E-state index in [-0.39, 0.29) is 7.69 Å². The number of ether oxygens (including phenoxy) is 1. The monoisotopic (exact) mass is 153 g/mol. The molecule has 58 valence electrons. The smallest absolute Gasteiger partial charge is 0.504 e. The Bertz CT molecular complexity index is 231. The minimum atomic E-state index is -0.352. The molecule has 5 heteroatoms. The van der Waals surface area contributed by atoms with Crippen molar-refractivity contribution in [2.45, 2.75) is 0 Å². The zero-order chi connectivity index (χ0) is 8.10. The van der Waals surface area contributed by atoms with Crippen LogP contribution in [0, 0.1) is 0 Å². The SMILES string of the molecule is COc1cncc(OBO)c1. The number of aromatic nitrogens is 1. The van der Waals surface area contributed by atoms with Crippen LogP contribution in [-0.4, -0.2) is 24.8 Å². The van der Waals surface area contributed by atoms with Crippen molar-refractivity contribution in [3.05, 3.63) is 18.5 Å². The average Bonchev–Trinajstić information content (AvgIpc) is 2.06. The summed E-state index contributed by atoms with van der Waals surface area (Å²) in [6.07, 6.45) is 3.06. The van der Waals surface area contributed by atoms with E-state index in [0.717, 1.165) is 0 Å². The van der Waals surface area contributed by atoms with Crippen LogP contribution < -0.4 is 9.39 Å². The van der Waals surface area contributed by atoms with Crippen molar-refractivity contribution < 1.29 is 14.4 Å². The molecule has 1 aromatic heterocycles. The number of nitrogens with zero attached hydrogens (tertiary/aromatic N) is 1. The second kappa shape index (κ2) is 3.83. The largest absolute Gasteiger partial charge is 0.538 e. The number of rotatable bonds is 3. The second-order valence-electron chi connectivity index (χ2n) is 1.83. The number of pyridine rings is 1. The Balaban J connectivity index is 2.74. The highest BCUT2D eigenvalue weighted by atomic mass is 16.5. The van der Waals surface area contributed by atoms with Gasteiger partial charge >= 0.3 is 7.69 Å². The fourth-order valence-corrected chi connectivity index (χ4v) is 0.664. The molecule has 0 unspecified atom stereocenters. The summed E-state index contributed by atoms with van der Waals surface area (Å²) in [5, 5.41) is 8.39. The number of hydrogen-bond acceptors (Lipinski definition) is 4. The summed E-state index contributed by atoms with van der Waals surface area (Å²) in [5.41, 5.74) is 0. The van der Waals surface area contributed by atoms with Crippen LogP contribution in [0.15, 0.2) is 18.5 Å². The van der Waals surface area contributed by atoms with Gasteiger partial charge in [0.25, 0.3) is 0 Å². The highest BCUT2D eigenvalue weighted by molar-refractivity contribution is 6.17. The molecule has 0 radical (unpaired) electrons. The van der Waals surface area contributed by atoms with Crippen molar-refractivity contribution in [1.82, 2.24) is 4.98 Å². The molecule has 0 bridgehead atoms. The van der Waals surface area contributed by atoms with E-state index in [0.29, 0.717) is 11.5 Å². The minimum absolute atomic E-state index is 0.352. The molecule has 0 aromatic carbocycles. The molecule has 0 spiro atoms. The molecule has 0 aliphatic rings. The van der Waals surface area contributed by atoms with E-state index in [1.54, 1.807) is 19.4 Å². The maximum Gasteiger partial charge on any atom is 0.504 e. The van der Waals surface area contributed by atoms with E-state index in [4.69, 9.17) is 14.4 Å². The first-order valence-electron chi connectivity index (χ1n) is 3.09. The van der Waals surface area contributed by atoms with Crippen LogP contribution in [0.5, 0.6) is 11.5 Å². The summed E-state index contributed by atoms with van der Waals surface area (Å²) in [4.78, 5) is 3.81. The molecule has 0 saturated carbocycles. The van der Waals surface area contributed by atoms with Crippen LogP contribution >= 0.6 is 0 Å². The molecule has 0 amide bonds. The molecule has 1 rings (SSSR count). The van der Waals surface area contributed by atoms with Crippen molar-refractivity contribution in [3.63, 3.8) is 0 Å². The van der Waals surface area contributed by atoms with E-state index in [1.165, 1.54) is 6.20 Å². The topological polar surface area (TPSA) is 51.6 Å². The van der Waals surface area contributed by atoms with E-state index in [1.807, 2.05) is 0 Å². The van der Waals surface area contributed by atoms with Gasteiger partial charge < -0.3 is 14.4 Å². The van der Waals surface area contributed by atoms with Gasteiger partial charge in [0.1, 0.15) is 11.5 Å². The molecular weight excluding hydrogens is 145 g/mol. The van der Waals surface area contributed by atoms with Crippen LogP contribution in [0.3, 0.4) is 0 Å². The van der Waals surface area contributed by atoms with Gasteiger partial charge in [-0.1, -0.05) is 0 Å². The molecule has 0 saturated heterocycles. The van der Waals surface area contributed by atoms with Crippen molar-refractivity contribution in [2.24, 2.45) is 0 Å². The normalized spacial score (nSPS) is 8.91. The van der Waals surface area contributed by atoms with Gasteiger partial charge in [0.05, 0.1) is 19.5 Å². The Kier molecular flexibility index (Phi) is 2.74. The first kappa shape index (κ1) is 7.88. The molecule has 0 aliphatic heterocycles. The van der Waals surface area contributed by atoms with Crippen LogP contribution in [0.4, 0.5) is 0 Å². The van der Waals surface area contributed by atoms with Gasteiger partial charge in [0, 0.05) is 6.07 Å². The molecule has 0 fully saturated rings. The van der Waals surface area contributed by atoms with Crippen molar-refractivity contribution in [2.75, 3.05) is 7.11 Å². The summed E-state index contributed by atoms with van der Waals surface area (Å²) in [6.45, 7) is 0. The Morgan fingerprint density at radius 3 is 2.82 bits per heavy atom. The van der Waals surface area contributed by atoms with Crippen LogP contribution in [0.25, 0.3) is 0 Å². The summed E-state index contributed by atoms with van der Waals surface area (Å²) in [6, 6.07) is 1.64. The molecule has 1 aromatic rings. The third-order valence-electron chi connectivity index (χ3n) is 1.15. The van der Waals surface area contributed by atoms with E-state index >= 15 is 0 Å². The van der Waals surface area contributed by atoms with Gasteiger partial charge in [-0.05, 0) is 0 Å². The van der Waals surface area contributed by atoms with Gasteiger partial charge in [-0.2, -0.15) is 0 Å². The summed E-state index contributed by atoms with van der Waals surface area (Å²) < 4.78 is 9.64. The lowest BCUT2D eigenvalue weighted by Crippen LogP contribution is -2.00. The van der Waals surface area contributed by atoms with E-state index in [2.05, 4.69) is 4.98 Å². The standard InChI is InChI=1S/C6H8BNO3/c1-10-5-2-6(11-7-9)4-8-3-5/h2-4,7,9H,1H3. The van der Waals surface area contributed by atoms with Gasteiger partial charge in [-0.25, -0.2) is 0 Å². The first-order valence-corrected chi connectivity index (χ1v) is 3.09. The fourth-order valence-electron chi connectivity index (χ4n) is 0.664. The quantitative estimate of drug-likeness (QED) is 0.607. The number of hydrogen-bond donors (Lipinski definition) is 1. The summed E-state index contributed by atoms with van der Waals surface area (Å²) in [5.74, 6) is 1.10. The molecule has 1 N–H and O–H groups in total. The highest BCUT2D eigenvalue weighted by Gasteiger charge is 1.95. The Morgan fingerprint density at radius 1 is 1.45 bits per heavy atom. The van der Waals surface area contributed by atoms with Gasteiger partial charge in [-0.15, -0.1) is 0 Å². The summed E-state index contributed by atoms with van der Waals surface area (Å²) in [7, 11) is 1.19. The molecule has 0 aliphatic carbocycles. The minimum Gasteiger partial charge on any atom is -0.538 e. The van der Waals surface area contributed by atoms with Crippen LogP contribution in [0.1, 0.15) is 0 Å². The van der Waals surface area contributed by atoms with Crippen LogP contribution in [0.2, 0.25) is 0 Å². The molecule has 4 nitrogen and oxygen atoms in total. The third-order valence-corrected chi connectivity index (χ3v) is 1.15. The van der Waals surface area contributed by atoms with Gasteiger partial charge in [0.2, 0.25) is 0 Å². The molecule has 11 heavy (non-hydrogen) atoms. The van der Waals surface area contributed by atoms with Gasteiger partial charge in [0.15, 0.2) is 0 Å². The zero-order valence-corrected chi connectivity index (χ0v) is 6.15. The van der Waals surface area contributed by atoms with Crippen molar-refractivity contribution in [1.29, 1.82) is 0 Å². The Morgan fingerprint density at radius 2 is 2.18 bits per heavy atom. The summed E-state index contributed by atoms with van der Waals surface area (Å²) >= 11 is 0. The second-order valence-corrected chi connectivity index (χ2v) is 1.83. The Labute approximate surface area is 65.1 Å². The lowest BCUT2D eigenvalue weighted by molar-refractivity contribution is 0.406. The molecule has 0 atom stereocenters. The highest BCUT2D eigenvalue weighted by Crippen LogP contribution is 2.15. The lowest BCUT2D eigenvalue weighted by Gasteiger charge is -2.02. The predicted octanol–water partition coefficient (Wildman–Crippen LogP) is -0.272. The Hall–Kier alpha value is -1.23. The third kappa shape index (κ3) is 2.12. The fraction of sp³-hybridized carbons (Fsp3) is 0.167. The van der Waals surface area contributed by atoms with E-state index in [9.17, 15) is 0 Å². The predicted molar refractivity (Wildman–Crippen MR) is 40.8 cm³/mol. The van der Waals surface area contributed by atoms with Gasteiger partial charge in [-0.3, -0.25) is 4.98 Å². The van der Waals surface area contributed by atoms with Crippen LogP contribution in [-0.2, 0) is 0 Å². The lowest BCUT2D eigenvalue weighted by atomic mass is 10.3.